The SMILES string of the molecule is CC(=O)Nc1ccc(S(=O)(=O)N[C@@H](Cc2ccccc2)[C@H](O)C(=O)N2CSC(C)(C)[C@H]2C(=O)NCc2ccccc2C)cc1Cl. The highest BCUT2D eigenvalue weighted by molar-refractivity contribution is 8.00. The molecule has 0 bridgehead atoms. The first-order valence-corrected chi connectivity index (χ1v) is 17.1. The Morgan fingerprint density at radius 1 is 1.07 bits per heavy atom. The number of carbonyl (C=O) groups is 3. The van der Waals surface area contributed by atoms with Crippen LogP contribution >= 0.6 is 23.4 Å². The van der Waals surface area contributed by atoms with Gasteiger partial charge in [-0.2, -0.15) is 0 Å². The zero-order chi connectivity index (χ0) is 32.9. The monoisotopic (exact) mass is 672 g/mol. The molecule has 0 spiro atoms. The van der Waals surface area contributed by atoms with E-state index in [1.54, 1.807) is 30.3 Å². The predicted molar refractivity (Wildman–Crippen MR) is 176 cm³/mol. The average molecular weight is 673 g/mol. The number of amides is 3. The zero-order valence-corrected chi connectivity index (χ0v) is 27.8. The van der Waals surface area contributed by atoms with Gasteiger partial charge in [-0.25, -0.2) is 13.1 Å². The lowest BCUT2D eigenvalue weighted by Gasteiger charge is -2.33. The molecule has 0 aliphatic carbocycles. The van der Waals surface area contributed by atoms with Gasteiger partial charge in [-0.15, -0.1) is 11.8 Å². The summed E-state index contributed by atoms with van der Waals surface area (Å²) < 4.78 is 28.9. The van der Waals surface area contributed by atoms with Gasteiger partial charge in [-0.1, -0.05) is 66.2 Å². The third kappa shape index (κ3) is 8.44. The number of rotatable bonds is 11. The van der Waals surface area contributed by atoms with Crippen molar-refractivity contribution in [1.29, 1.82) is 0 Å². The summed E-state index contributed by atoms with van der Waals surface area (Å²) in [5, 5.41) is 16.9. The highest BCUT2D eigenvalue weighted by atomic mass is 35.5. The molecule has 0 saturated carbocycles. The lowest BCUT2D eigenvalue weighted by molar-refractivity contribution is -0.147. The van der Waals surface area contributed by atoms with Gasteiger partial charge in [0.2, 0.25) is 21.8 Å². The van der Waals surface area contributed by atoms with E-state index in [-0.39, 0.29) is 46.3 Å². The summed E-state index contributed by atoms with van der Waals surface area (Å²) in [5.41, 5.74) is 2.87. The van der Waals surface area contributed by atoms with Crippen LogP contribution in [0, 0.1) is 6.92 Å². The third-order valence-corrected chi connectivity index (χ3v) is 10.8. The zero-order valence-electron chi connectivity index (χ0n) is 25.4. The number of halogens is 1. The number of nitrogens with one attached hydrogen (secondary N) is 3. The van der Waals surface area contributed by atoms with Gasteiger partial charge in [0.1, 0.15) is 12.1 Å². The molecule has 1 saturated heterocycles. The van der Waals surface area contributed by atoms with Crippen molar-refractivity contribution in [2.24, 2.45) is 0 Å². The van der Waals surface area contributed by atoms with Crippen molar-refractivity contribution in [3.8, 4) is 0 Å². The molecule has 13 heteroatoms. The summed E-state index contributed by atoms with van der Waals surface area (Å²) >= 11 is 7.63. The second kappa shape index (κ2) is 14.3. The summed E-state index contributed by atoms with van der Waals surface area (Å²) in [7, 11) is -4.31. The van der Waals surface area contributed by atoms with E-state index in [1.807, 2.05) is 45.0 Å². The molecule has 240 valence electrons. The Morgan fingerprint density at radius 2 is 1.73 bits per heavy atom. The van der Waals surface area contributed by atoms with E-state index in [0.717, 1.165) is 11.1 Å². The number of nitrogens with zero attached hydrogens (tertiary/aromatic N) is 1. The van der Waals surface area contributed by atoms with Gasteiger partial charge in [0, 0.05) is 18.2 Å². The molecule has 10 nitrogen and oxygen atoms in total. The van der Waals surface area contributed by atoms with Crippen LogP contribution in [-0.4, -0.2) is 65.0 Å². The number of carbonyl (C=O) groups excluding carboxylic acids is 3. The molecule has 1 fully saturated rings. The second-order valence-corrected chi connectivity index (χ2v) is 15.1. The Balaban J connectivity index is 1.59. The molecule has 0 unspecified atom stereocenters. The minimum atomic E-state index is -4.31. The van der Waals surface area contributed by atoms with Crippen molar-refractivity contribution < 1.29 is 27.9 Å². The number of anilines is 1. The van der Waals surface area contributed by atoms with Gasteiger partial charge >= 0.3 is 0 Å². The molecule has 0 radical (unpaired) electrons. The Hall–Kier alpha value is -3.42. The predicted octanol–water partition coefficient (Wildman–Crippen LogP) is 3.85. The number of sulfonamides is 1. The third-order valence-electron chi connectivity index (χ3n) is 7.59. The Bertz CT molecular complexity index is 1670. The van der Waals surface area contributed by atoms with Crippen molar-refractivity contribution >= 4 is 56.8 Å². The lowest BCUT2D eigenvalue weighted by Crippen LogP contribution is -2.58. The topological polar surface area (TPSA) is 145 Å². The molecule has 1 aliphatic heterocycles. The molecule has 3 atom stereocenters. The van der Waals surface area contributed by atoms with E-state index in [2.05, 4.69) is 15.4 Å². The second-order valence-electron chi connectivity index (χ2n) is 11.4. The van der Waals surface area contributed by atoms with Crippen LogP contribution in [0.3, 0.4) is 0 Å². The largest absolute Gasteiger partial charge is 0.382 e. The summed E-state index contributed by atoms with van der Waals surface area (Å²) in [6.07, 6.45) is -1.84. The van der Waals surface area contributed by atoms with Gasteiger partial charge in [0.15, 0.2) is 0 Å². The molecule has 3 aromatic rings. The molecule has 1 aliphatic rings. The fraction of sp³-hybridized carbons (Fsp3) is 0.344. The molecule has 3 amide bonds. The average Bonchev–Trinajstić information content (AvgIpc) is 3.31. The van der Waals surface area contributed by atoms with Crippen LogP contribution < -0.4 is 15.4 Å². The number of aliphatic hydroxyl groups is 1. The summed E-state index contributed by atoms with van der Waals surface area (Å²) in [4.78, 5) is 40.0. The molecule has 4 N–H and O–H groups in total. The Morgan fingerprint density at radius 3 is 2.38 bits per heavy atom. The smallest absolute Gasteiger partial charge is 0.254 e. The van der Waals surface area contributed by atoms with Gasteiger partial charge in [0.05, 0.1) is 27.5 Å². The van der Waals surface area contributed by atoms with Gasteiger partial charge in [-0.05, 0) is 62.1 Å². The molecule has 3 aromatic carbocycles. The number of aliphatic hydroxyl groups excluding tert-OH is 1. The minimum Gasteiger partial charge on any atom is -0.382 e. The van der Waals surface area contributed by atoms with Crippen molar-refractivity contribution in [3.05, 3.63) is 94.5 Å². The first kappa shape index (κ1) is 34.5. The highest BCUT2D eigenvalue weighted by Gasteiger charge is 2.50. The van der Waals surface area contributed by atoms with Gasteiger partial charge in [0.25, 0.3) is 5.91 Å². The highest BCUT2D eigenvalue weighted by Crippen LogP contribution is 2.40. The van der Waals surface area contributed by atoms with Crippen LogP contribution in [0.5, 0.6) is 0 Å². The normalized spacial score (nSPS) is 17.4. The van der Waals surface area contributed by atoms with Gasteiger partial charge in [-0.3, -0.25) is 14.4 Å². The molecular weight excluding hydrogens is 636 g/mol. The molecule has 4 rings (SSSR count). The molecule has 0 aromatic heterocycles. The van der Waals surface area contributed by atoms with E-state index in [9.17, 15) is 27.9 Å². The minimum absolute atomic E-state index is 0.000169. The summed E-state index contributed by atoms with van der Waals surface area (Å²) in [6.45, 7) is 7.23. The van der Waals surface area contributed by atoms with E-state index < -0.39 is 38.9 Å². The van der Waals surface area contributed by atoms with Crippen molar-refractivity contribution in [1.82, 2.24) is 14.9 Å². The van der Waals surface area contributed by atoms with Crippen LogP contribution in [0.15, 0.2) is 77.7 Å². The first-order valence-electron chi connectivity index (χ1n) is 14.3. The van der Waals surface area contributed by atoms with E-state index in [4.69, 9.17) is 11.6 Å². The van der Waals surface area contributed by atoms with Crippen LogP contribution in [0.25, 0.3) is 0 Å². The molecular formula is C32H37ClN4O6S2. The summed E-state index contributed by atoms with van der Waals surface area (Å²) in [5.74, 6) is -1.38. The van der Waals surface area contributed by atoms with E-state index >= 15 is 0 Å². The number of thioether (sulfide) groups is 1. The van der Waals surface area contributed by atoms with E-state index in [0.29, 0.717) is 5.56 Å². The number of aryl methyl sites for hydroxylation is 1. The van der Waals surface area contributed by atoms with Crippen molar-refractivity contribution in [2.45, 2.75) is 68.5 Å². The maximum atomic E-state index is 13.9. The maximum Gasteiger partial charge on any atom is 0.254 e. The standard InChI is InChI=1S/C32H37ClN4O6S2/c1-20-10-8-9-13-23(20)18-34-30(40)29-32(3,4)44-19-37(29)31(41)28(39)27(16-22-11-6-5-7-12-22)36-45(42,43)24-14-15-26(25(33)17-24)35-21(2)38/h5-15,17,27-29,36,39H,16,18-19H2,1-4H3,(H,34,40)(H,35,38)/t27-,28-,29+/m0/s1. The number of hydrogen-bond donors (Lipinski definition) is 4. The van der Waals surface area contributed by atoms with Crippen molar-refractivity contribution in [3.63, 3.8) is 0 Å². The molecule has 45 heavy (non-hydrogen) atoms. The van der Waals surface area contributed by atoms with Crippen molar-refractivity contribution in [2.75, 3.05) is 11.2 Å². The molecule has 1 heterocycles. The van der Waals surface area contributed by atoms with Gasteiger partial charge < -0.3 is 20.6 Å². The summed E-state index contributed by atoms with van der Waals surface area (Å²) in [6, 6.07) is 18.1. The van der Waals surface area contributed by atoms with E-state index in [1.165, 1.54) is 41.8 Å². The van der Waals surface area contributed by atoms with Crippen LogP contribution in [0.4, 0.5) is 5.69 Å². The quantitative estimate of drug-likeness (QED) is 0.242. The first-order chi connectivity index (χ1) is 21.2. The fourth-order valence-electron chi connectivity index (χ4n) is 5.15. The number of hydrogen-bond acceptors (Lipinski definition) is 7. The Labute approximate surface area is 273 Å². The van der Waals surface area contributed by atoms with Crippen LogP contribution in [0.1, 0.15) is 37.5 Å². The maximum absolute atomic E-state index is 13.9. The lowest BCUT2D eigenvalue weighted by atomic mass is 9.97. The Kier molecular flexibility index (Phi) is 11.0. The van der Waals surface area contributed by atoms with Crippen LogP contribution in [-0.2, 0) is 37.4 Å². The fourth-order valence-corrected chi connectivity index (χ4v) is 7.85. The van der Waals surface area contributed by atoms with Crippen LogP contribution in [0.2, 0.25) is 5.02 Å². The number of benzene rings is 3.